The summed E-state index contributed by atoms with van der Waals surface area (Å²) >= 11 is 0. The van der Waals surface area contributed by atoms with Gasteiger partial charge >= 0.3 is 17.1 Å². The Morgan fingerprint density at radius 3 is 1.05 bits per heavy atom. The van der Waals surface area contributed by atoms with Crippen LogP contribution in [0.4, 0.5) is 34.5 Å². The van der Waals surface area contributed by atoms with Crippen LogP contribution in [-0.4, -0.2) is 176 Å². The Kier molecular flexibility index (Phi) is 25.8. The molecule has 3 unspecified atom stereocenters. The first kappa shape index (κ1) is 90.4. The van der Waals surface area contributed by atoms with E-state index in [0.717, 1.165) is 49.7 Å². The lowest BCUT2D eigenvalue weighted by atomic mass is 10.1. The number of nitrogen functional groups attached to an aromatic ring is 3. The highest BCUT2D eigenvalue weighted by Gasteiger charge is 2.37. The molecule has 0 bridgehead atoms. The van der Waals surface area contributed by atoms with Gasteiger partial charge in [-0.15, -0.1) is 0 Å². The number of nitrogens with zero attached hydrogens (tertiary/aromatic N) is 18. The maximum atomic E-state index is 14.2. The fourth-order valence-corrected chi connectivity index (χ4v) is 15.7. The highest BCUT2D eigenvalue weighted by atomic mass is 16.6. The number of ether oxygens (including phenoxy) is 4. The highest BCUT2D eigenvalue weighted by Crippen LogP contribution is 2.38. The number of nitrogens with two attached hydrogens (primary N) is 3. The summed E-state index contributed by atoms with van der Waals surface area (Å²) in [6, 6.07) is 65.6. The first-order valence-corrected chi connectivity index (χ1v) is 43.1. The van der Waals surface area contributed by atoms with E-state index in [1.54, 1.807) is 170 Å². The van der Waals surface area contributed by atoms with Gasteiger partial charge in [0.1, 0.15) is 75.8 Å². The zero-order valence-electron chi connectivity index (χ0n) is 74.7. The standard InChI is InChI=1S/C33H33N7O5.2C33H33N7O4/c1-37(29(41)10-7-19-40(2,43)24-14-15-24)23-13-18-28(44-3)27(20-23)39-32-30(31(34)35-21-36-32)38(33(39)42)22-11-16-26(17-12-22)45-25-8-5-4-6-9-25;1-22-11-12-24(20-28(22)37(2)29(41)10-7-19-40(3,43)25-15-16-25)39-32-30(31(34)35-21-36-32)38(33(39)42)23-13-17-27(18-14-23)44-26-8-5-4-6-9-26;1-22-11-12-24(37(2)29(41)10-7-19-40(3,43)25-15-16-25)20-28(22)39-32-30(31(34)35-21-36-32)38(33(39)42)23-13-17-27(18-14-23)44-26-8-5-4-6-9-26/h4-13,16-18,20-21,24H,14-15,19H2,1-3H3,(H2,34,35,36);2*4-14,17-18,20-21,25H,15-16,19H2,1-3H3,(H2,34,35,36)/b3*10-7+. The number of imidazole rings is 3. The number of methoxy groups -OCH3 is 1. The lowest BCUT2D eigenvalue weighted by molar-refractivity contribution is -0.865. The molecule has 3 amide bonds. The quantitative estimate of drug-likeness (QED) is 0.0233. The average molecular weight is 1790 g/mol. The van der Waals surface area contributed by atoms with Gasteiger partial charge in [-0.05, 0) is 195 Å². The molecule has 0 aliphatic heterocycles. The SMILES string of the molecule is COc1ccc(N(C)C(=O)/C=C/C[N+](C)([O-])C2CC2)cc1-n1c(=O)n(-c2ccc(Oc3ccccc3)cc2)c2c(N)ncnc21.Cc1ccc(-n2c(=O)n(-c3ccc(Oc4ccccc4)cc3)c3c(N)ncnc32)cc1N(C)C(=O)/C=C/C[N+](C)([O-])C1CC1.Cc1ccc(N(C)C(=O)/C=C/C[N+](C)([O-])C2CC2)cc1-n1c(=O)n(-c2ccc(Oc3ccccc3)cc2)c2c(N)ncnc21. The molecule has 6 N–H and O–H groups in total. The molecule has 9 aromatic carbocycles. The predicted octanol–water partition coefficient (Wildman–Crippen LogP) is 14.3. The van der Waals surface area contributed by atoms with Crippen molar-refractivity contribution < 1.29 is 47.3 Å². The molecule has 15 aromatic rings. The van der Waals surface area contributed by atoms with Crippen molar-refractivity contribution in [2.45, 2.75) is 70.5 Å². The molecule has 0 saturated heterocycles. The van der Waals surface area contributed by atoms with Crippen molar-refractivity contribution in [2.24, 2.45) is 0 Å². The first-order valence-electron chi connectivity index (χ1n) is 43.1. The number of carbonyl (C=O) groups is 3. The van der Waals surface area contributed by atoms with Crippen LogP contribution in [0.5, 0.6) is 40.2 Å². The molecular weight excluding hydrogens is 1690 g/mol. The summed E-state index contributed by atoms with van der Waals surface area (Å²) in [6.07, 6.45) is 18.6. The predicted molar refractivity (Wildman–Crippen MR) is 512 cm³/mol. The average Bonchev–Trinajstić information content (AvgIpc) is 1.59. The molecule has 133 heavy (non-hydrogen) atoms. The van der Waals surface area contributed by atoms with Crippen molar-refractivity contribution in [3.05, 3.63) is 332 Å². The van der Waals surface area contributed by atoms with Crippen LogP contribution < -0.4 is 67.9 Å². The van der Waals surface area contributed by atoms with Crippen molar-refractivity contribution in [3.8, 4) is 74.4 Å². The second-order valence-corrected chi connectivity index (χ2v) is 33.3. The molecular formula is C99H99N21O13. The van der Waals surface area contributed by atoms with Gasteiger partial charge in [-0.1, -0.05) is 66.7 Å². The second-order valence-electron chi connectivity index (χ2n) is 33.3. The van der Waals surface area contributed by atoms with Gasteiger partial charge in [0.25, 0.3) is 17.7 Å². The molecule has 6 heterocycles. The molecule has 3 aliphatic rings. The number of aromatic nitrogens is 12. The molecule has 3 aliphatic carbocycles. The van der Waals surface area contributed by atoms with Crippen LogP contribution in [0.2, 0.25) is 0 Å². The number of amides is 3. The topological polar surface area (TPSA) is 403 Å². The van der Waals surface area contributed by atoms with E-state index in [1.807, 2.05) is 123 Å². The molecule has 34 nitrogen and oxygen atoms in total. The number of aryl methyl sites for hydroxylation is 2. The Bertz CT molecular complexity index is 7140. The van der Waals surface area contributed by atoms with Gasteiger partial charge in [0.05, 0.1) is 100 Å². The van der Waals surface area contributed by atoms with E-state index in [2.05, 4.69) is 29.9 Å². The maximum absolute atomic E-state index is 14.2. The van der Waals surface area contributed by atoms with Crippen LogP contribution in [0.15, 0.2) is 288 Å². The number of fused-ring (bicyclic) bond motifs is 3. The molecule has 3 atom stereocenters. The largest absolute Gasteiger partial charge is 0.633 e. The summed E-state index contributed by atoms with van der Waals surface area (Å²) in [4.78, 5) is 112. The molecule has 3 fully saturated rings. The van der Waals surface area contributed by atoms with Gasteiger partial charge < -0.3 is 80.4 Å². The zero-order valence-corrected chi connectivity index (χ0v) is 74.7. The molecule has 678 valence electrons. The van der Waals surface area contributed by atoms with E-state index in [0.29, 0.717) is 119 Å². The summed E-state index contributed by atoms with van der Waals surface area (Å²) in [5.41, 5.74) is 25.9. The zero-order chi connectivity index (χ0) is 93.7. The molecule has 18 rings (SSSR count). The number of hydroxylamine groups is 9. The number of anilines is 6. The monoisotopic (exact) mass is 1790 g/mol. The smallest absolute Gasteiger partial charge is 0.339 e. The Morgan fingerprint density at radius 1 is 0.383 bits per heavy atom. The number of hydrogen-bond acceptors (Lipinski definition) is 22. The summed E-state index contributed by atoms with van der Waals surface area (Å²) < 4.78 is 30.9. The third-order valence-electron chi connectivity index (χ3n) is 23.7. The number of likely N-dealkylation sites (N-methyl/N-ethyl adjacent to an activating group) is 6. The van der Waals surface area contributed by atoms with Gasteiger partial charge in [-0.3, -0.25) is 28.1 Å². The summed E-state index contributed by atoms with van der Waals surface area (Å²) in [7, 11) is 11.3. The van der Waals surface area contributed by atoms with Crippen molar-refractivity contribution in [2.75, 3.05) is 101 Å². The Labute approximate surface area is 764 Å². The number of carbonyl (C=O) groups excluding carboxylic acids is 3. The maximum Gasteiger partial charge on any atom is 0.339 e. The van der Waals surface area contributed by atoms with E-state index in [9.17, 15) is 44.4 Å². The number of benzene rings is 9. The number of rotatable bonds is 28. The molecule has 6 aromatic heterocycles. The van der Waals surface area contributed by atoms with Crippen LogP contribution in [0.1, 0.15) is 49.7 Å². The highest BCUT2D eigenvalue weighted by molar-refractivity contribution is 6.03. The molecule has 0 radical (unpaired) electrons. The minimum atomic E-state index is -0.467. The van der Waals surface area contributed by atoms with E-state index >= 15 is 0 Å². The van der Waals surface area contributed by atoms with Crippen molar-refractivity contribution in [1.82, 2.24) is 57.3 Å². The lowest BCUT2D eigenvalue weighted by Crippen LogP contribution is -2.40. The van der Waals surface area contributed by atoms with Crippen LogP contribution >= 0.6 is 0 Å². The van der Waals surface area contributed by atoms with Crippen molar-refractivity contribution >= 4 is 85.7 Å². The summed E-state index contributed by atoms with van der Waals surface area (Å²) in [6.45, 7) is 4.45. The van der Waals surface area contributed by atoms with Crippen molar-refractivity contribution in [1.29, 1.82) is 0 Å². The normalized spacial score (nSPS) is 14.5. The van der Waals surface area contributed by atoms with E-state index < -0.39 is 17.1 Å². The number of quaternary nitrogens is 3. The fourth-order valence-electron chi connectivity index (χ4n) is 15.7. The molecule has 34 heteroatoms. The third kappa shape index (κ3) is 19.7. The van der Waals surface area contributed by atoms with Gasteiger partial charge in [0.15, 0.2) is 34.4 Å². The number of para-hydroxylation sites is 3. The Hall–Kier alpha value is -16.0. The van der Waals surface area contributed by atoms with E-state index in [1.165, 1.54) is 86.4 Å². The number of hydrogen-bond donors (Lipinski definition) is 3. The first-order chi connectivity index (χ1) is 63.9. The van der Waals surface area contributed by atoms with Crippen LogP contribution in [0, 0.1) is 29.5 Å². The molecule has 3 saturated carbocycles. The fraction of sp³-hybridized carbons (Fsp3) is 0.212. The van der Waals surface area contributed by atoms with Gasteiger partial charge in [-0.25, -0.2) is 58.0 Å². The summed E-state index contributed by atoms with van der Waals surface area (Å²) in [5.74, 6) is 3.80. The van der Waals surface area contributed by atoms with Crippen LogP contribution in [0.25, 0.3) is 67.6 Å². The van der Waals surface area contributed by atoms with Crippen molar-refractivity contribution in [3.63, 3.8) is 0 Å². The second kappa shape index (κ2) is 38.0. The minimum Gasteiger partial charge on any atom is -0.633 e. The van der Waals surface area contributed by atoms with Gasteiger partial charge in [0.2, 0.25) is 0 Å². The minimum absolute atomic E-state index is 0.102. The third-order valence-corrected chi connectivity index (χ3v) is 23.7. The molecule has 0 spiro atoms. The van der Waals surface area contributed by atoms with E-state index in [-0.39, 0.29) is 92.5 Å². The van der Waals surface area contributed by atoms with E-state index in [4.69, 9.17) is 36.1 Å². The Balaban J connectivity index is 0.000000145. The Morgan fingerprint density at radius 2 is 0.692 bits per heavy atom. The summed E-state index contributed by atoms with van der Waals surface area (Å²) in [5, 5.41) is 37.8. The van der Waals surface area contributed by atoms with Crippen LogP contribution in [0.3, 0.4) is 0 Å². The van der Waals surface area contributed by atoms with Gasteiger partial charge in [0, 0.05) is 95.0 Å². The lowest BCUT2D eigenvalue weighted by Gasteiger charge is -2.38. The van der Waals surface area contributed by atoms with Gasteiger partial charge in [-0.2, -0.15) is 0 Å². The van der Waals surface area contributed by atoms with Crippen LogP contribution in [-0.2, 0) is 14.4 Å².